The topological polar surface area (TPSA) is 52.6 Å². The van der Waals surface area contributed by atoms with Crippen LogP contribution >= 0.6 is 0 Å². The van der Waals surface area contributed by atoms with Gasteiger partial charge in [-0.3, -0.25) is 9.69 Å². The van der Waals surface area contributed by atoms with Gasteiger partial charge in [-0.2, -0.15) is 4.39 Å². The van der Waals surface area contributed by atoms with Crippen LogP contribution in [0.5, 0.6) is 0 Å². The van der Waals surface area contributed by atoms with Crippen LogP contribution in [0.2, 0.25) is 0 Å². The van der Waals surface area contributed by atoms with Crippen molar-refractivity contribution in [1.29, 1.82) is 0 Å². The molecule has 2 fully saturated rings. The number of hydrogen-bond donors (Lipinski definition) is 0. The molecule has 2 aliphatic heterocycles. The number of para-hydroxylation sites is 1. The fourth-order valence-electron chi connectivity index (χ4n) is 3.63. The summed E-state index contributed by atoms with van der Waals surface area (Å²) >= 11 is 0. The summed E-state index contributed by atoms with van der Waals surface area (Å²) in [5, 5.41) is 0. The molecule has 1 amide bonds. The molecule has 25 heavy (non-hydrogen) atoms. The number of amides is 1. The Morgan fingerprint density at radius 3 is 2.48 bits per heavy atom. The van der Waals surface area contributed by atoms with Crippen molar-refractivity contribution in [2.24, 2.45) is 0 Å². The lowest BCUT2D eigenvalue weighted by atomic mass is 10.2. The van der Waals surface area contributed by atoms with Gasteiger partial charge in [0.2, 0.25) is 11.9 Å². The first-order valence-electron chi connectivity index (χ1n) is 8.55. The van der Waals surface area contributed by atoms with E-state index in [9.17, 15) is 9.18 Å². The van der Waals surface area contributed by atoms with Crippen molar-refractivity contribution in [3.05, 3.63) is 48.7 Å². The number of nitrogens with zero attached hydrogens (tertiary/aromatic N) is 5. The van der Waals surface area contributed by atoms with E-state index in [1.807, 2.05) is 40.1 Å². The van der Waals surface area contributed by atoms with Gasteiger partial charge in [0.1, 0.15) is 12.1 Å². The highest BCUT2D eigenvalue weighted by atomic mass is 19.1. The van der Waals surface area contributed by atoms with Gasteiger partial charge in [-0.1, -0.05) is 18.2 Å². The van der Waals surface area contributed by atoms with Crippen LogP contribution < -0.4 is 9.80 Å². The van der Waals surface area contributed by atoms with Crippen molar-refractivity contribution in [3.8, 4) is 0 Å². The first kappa shape index (κ1) is 16.0. The second-order valence-electron chi connectivity index (χ2n) is 6.35. The lowest BCUT2D eigenvalue weighted by Gasteiger charge is -2.37. The summed E-state index contributed by atoms with van der Waals surface area (Å²) in [7, 11) is 0. The third kappa shape index (κ3) is 3.19. The average molecular weight is 341 g/mol. The monoisotopic (exact) mass is 341 g/mol. The molecule has 6 nitrogen and oxygen atoms in total. The van der Waals surface area contributed by atoms with Crippen molar-refractivity contribution in [2.75, 3.05) is 42.5 Å². The maximum absolute atomic E-state index is 13.3. The van der Waals surface area contributed by atoms with E-state index in [0.717, 1.165) is 44.8 Å². The van der Waals surface area contributed by atoms with Crippen molar-refractivity contribution < 1.29 is 9.18 Å². The number of aromatic nitrogens is 2. The summed E-state index contributed by atoms with van der Waals surface area (Å²) in [6, 6.07) is 11.1. The van der Waals surface area contributed by atoms with Crippen LogP contribution in [0.4, 0.5) is 15.9 Å². The second-order valence-corrected chi connectivity index (χ2v) is 6.35. The zero-order valence-corrected chi connectivity index (χ0v) is 13.9. The molecule has 0 N–H and O–H groups in total. The molecule has 0 bridgehead atoms. The van der Waals surface area contributed by atoms with Crippen molar-refractivity contribution in [1.82, 2.24) is 14.9 Å². The molecular weight excluding hydrogens is 321 g/mol. The van der Waals surface area contributed by atoms with Crippen LogP contribution in [0, 0.1) is 5.95 Å². The minimum absolute atomic E-state index is 0.0653. The Kier molecular flexibility index (Phi) is 4.31. The normalized spacial score (nSPS) is 21.8. The molecule has 0 saturated carbocycles. The predicted molar refractivity (Wildman–Crippen MR) is 93.0 cm³/mol. The van der Waals surface area contributed by atoms with Gasteiger partial charge in [0.15, 0.2) is 0 Å². The van der Waals surface area contributed by atoms with E-state index in [1.54, 1.807) is 0 Å². The third-order valence-electron chi connectivity index (χ3n) is 4.94. The van der Waals surface area contributed by atoms with Gasteiger partial charge in [-0.05, 0) is 18.6 Å². The summed E-state index contributed by atoms with van der Waals surface area (Å²) in [6.45, 7) is 3.75. The van der Waals surface area contributed by atoms with Gasteiger partial charge in [0, 0.05) is 44.5 Å². The Morgan fingerprint density at radius 1 is 1.00 bits per heavy atom. The van der Waals surface area contributed by atoms with Crippen molar-refractivity contribution >= 4 is 17.4 Å². The number of benzene rings is 1. The zero-order valence-electron chi connectivity index (χ0n) is 13.9. The van der Waals surface area contributed by atoms with Crippen LogP contribution in [-0.4, -0.2) is 59.5 Å². The van der Waals surface area contributed by atoms with E-state index in [2.05, 4.69) is 14.9 Å². The van der Waals surface area contributed by atoms with Gasteiger partial charge < -0.3 is 9.80 Å². The number of piperazine rings is 1. The second kappa shape index (κ2) is 6.76. The predicted octanol–water partition coefficient (Wildman–Crippen LogP) is 1.54. The first-order valence-corrected chi connectivity index (χ1v) is 8.55. The molecule has 2 saturated heterocycles. The molecule has 0 radical (unpaired) electrons. The molecular formula is C18H20FN5O. The van der Waals surface area contributed by atoms with Crippen LogP contribution in [0.1, 0.15) is 6.42 Å². The summed E-state index contributed by atoms with van der Waals surface area (Å²) in [5.41, 5.74) is 0.963. The maximum atomic E-state index is 13.3. The fourth-order valence-corrected chi connectivity index (χ4v) is 3.63. The van der Waals surface area contributed by atoms with Crippen molar-refractivity contribution in [3.63, 3.8) is 0 Å². The highest BCUT2D eigenvalue weighted by Gasteiger charge is 2.37. The summed E-state index contributed by atoms with van der Waals surface area (Å²) in [5.74, 6) is 0.264. The number of anilines is 2. The summed E-state index contributed by atoms with van der Waals surface area (Å²) in [6.07, 6.45) is 2.09. The molecule has 0 spiro atoms. The Bertz CT molecular complexity index is 748. The molecule has 1 atom stereocenters. The molecule has 7 heteroatoms. The van der Waals surface area contributed by atoms with E-state index in [1.165, 1.54) is 12.4 Å². The maximum Gasteiger partial charge on any atom is 0.244 e. The zero-order chi connectivity index (χ0) is 17.2. The molecule has 2 aromatic rings. The van der Waals surface area contributed by atoms with E-state index in [0.29, 0.717) is 5.82 Å². The van der Waals surface area contributed by atoms with Gasteiger partial charge in [0.25, 0.3) is 0 Å². The quantitative estimate of drug-likeness (QED) is 0.793. The van der Waals surface area contributed by atoms with Crippen LogP contribution in [-0.2, 0) is 4.79 Å². The smallest absolute Gasteiger partial charge is 0.244 e. The number of carbonyl (C=O) groups is 1. The van der Waals surface area contributed by atoms with E-state index in [-0.39, 0.29) is 11.9 Å². The minimum Gasteiger partial charge on any atom is -0.354 e. The Hall–Kier alpha value is -2.54. The average Bonchev–Trinajstić information content (AvgIpc) is 3.04. The SMILES string of the molecule is O=C1[C@@H](N2CCN(c3cc(F)ncn3)CC2)CCN1c1ccccc1. The molecule has 3 heterocycles. The van der Waals surface area contributed by atoms with Crippen LogP contribution in [0.15, 0.2) is 42.7 Å². The Morgan fingerprint density at radius 2 is 1.76 bits per heavy atom. The standard InChI is InChI=1S/C18H20FN5O/c19-16-12-17(21-13-20-16)23-10-8-22(9-11-23)15-6-7-24(18(15)25)14-4-2-1-3-5-14/h1-5,12-13,15H,6-11H2/t15-/m0/s1. The van der Waals surface area contributed by atoms with Gasteiger partial charge in [-0.15, -0.1) is 0 Å². The Labute approximate surface area is 145 Å². The molecule has 130 valence electrons. The highest BCUT2D eigenvalue weighted by Crippen LogP contribution is 2.25. The first-order chi connectivity index (χ1) is 12.2. The summed E-state index contributed by atoms with van der Waals surface area (Å²) < 4.78 is 13.3. The molecule has 4 rings (SSSR count). The molecule has 0 unspecified atom stereocenters. The number of rotatable bonds is 3. The van der Waals surface area contributed by atoms with E-state index in [4.69, 9.17) is 0 Å². The van der Waals surface area contributed by atoms with Gasteiger partial charge in [0.05, 0.1) is 6.04 Å². The number of halogens is 1. The number of carbonyl (C=O) groups excluding carboxylic acids is 1. The summed E-state index contributed by atoms with van der Waals surface area (Å²) in [4.78, 5) is 26.6. The third-order valence-corrected chi connectivity index (χ3v) is 4.94. The van der Waals surface area contributed by atoms with Crippen LogP contribution in [0.25, 0.3) is 0 Å². The largest absolute Gasteiger partial charge is 0.354 e. The number of hydrogen-bond acceptors (Lipinski definition) is 5. The molecule has 1 aromatic carbocycles. The van der Waals surface area contributed by atoms with Crippen molar-refractivity contribution in [2.45, 2.75) is 12.5 Å². The molecule has 2 aliphatic rings. The molecule has 0 aliphatic carbocycles. The van der Waals surface area contributed by atoms with E-state index >= 15 is 0 Å². The Balaban J connectivity index is 1.39. The van der Waals surface area contributed by atoms with Crippen LogP contribution in [0.3, 0.4) is 0 Å². The fraction of sp³-hybridized carbons (Fsp3) is 0.389. The lowest BCUT2D eigenvalue weighted by Crippen LogP contribution is -2.52. The van der Waals surface area contributed by atoms with Gasteiger partial charge in [-0.25, -0.2) is 9.97 Å². The molecule has 1 aromatic heterocycles. The minimum atomic E-state index is -0.517. The van der Waals surface area contributed by atoms with Gasteiger partial charge >= 0.3 is 0 Å². The highest BCUT2D eigenvalue weighted by molar-refractivity contribution is 5.99. The van der Waals surface area contributed by atoms with E-state index < -0.39 is 5.95 Å². The lowest BCUT2D eigenvalue weighted by molar-refractivity contribution is -0.121.